The number of aromatic nitrogens is 5. The maximum Gasteiger partial charge on any atom is 0.301 e. The van der Waals surface area contributed by atoms with Gasteiger partial charge in [-0.2, -0.15) is 10.1 Å². The van der Waals surface area contributed by atoms with E-state index in [0.29, 0.717) is 76.8 Å². The molecule has 14 nitrogen and oxygen atoms in total. The molecule has 7 heterocycles. The topological polar surface area (TPSA) is 152 Å². The molecule has 0 radical (unpaired) electrons. The number of carbonyl (C=O) groups excluding carboxylic acids is 2. The molecule has 326 valence electrons. The first-order valence-corrected chi connectivity index (χ1v) is 22.2. The summed E-state index contributed by atoms with van der Waals surface area (Å²) in [6.07, 6.45) is 6.89. The van der Waals surface area contributed by atoms with Gasteiger partial charge in [0.05, 0.1) is 40.6 Å². The lowest BCUT2D eigenvalue weighted by atomic mass is 9.84. The van der Waals surface area contributed by atoms with Crippen LogP contribution in [0, 0.1) is 17.8 Å². The number of ether oxygens (including phenoxy) is 1. The second-order valence-corrected chi connectivity index (χ2v) is 18.5. The second-order valence-electron chi connectivity index (χ2n) is 18.1. The summed E-state index contributed by atoms with van der Waals surface area (Å²) in [5.74, 6) is -2.02. The smallest absolute Gasteiger partial charge is 0.301 e. The molecule has 10 rings (SSSR count). The summed E-state index contributed by atoms with van der Waals surface area (Å²) in [5.41, 5.74) is 4.12. The quantitative estimate of drug-likeness (QED) is 0.143. The van der Waals surface area contributed by atoms with Crippen molar-refractivity contribution in [3.05, 3.63) is 69.2 Å². The van der Waals surface area contributed by atoms with Crippen LogP contribution < -0.4 is 31.1 Å². The van der Waals surface area contributed by atoms with Crippen LogP contribution in [0.3, 0.4) is 0 Å². The van der Waals surface area contributed by atoms with Crippen molar-refractivity contribution in [1.29, 1.82) is 0 Å². The number of aryl methyl sites for hydroxylation is 2. The van der Waals surface area contributed by atoms with E-state index in [2.05, 4.69) is 55.9 Å². The number of anilines is 4. The predicted octanol–water partition coefficient (Wildman–Crippen LogP) is 6.69. The molecule has 1 saturated carbocycles. The van der Waals surface area contributed by atoms with Crippen LogP contribution >= 0.6 is 11.6 Å². The molecule has 5 aliphatic rings. The largest absolute Gasteiger partial charge is 0.480 e. The van der Waals surface area contributed by atoms with Crippen LogP contribution in [0.2, 0.25) is 5.02 Å². The molecular weight excluding hydrogens is 818 g/mol. The van der Waals surface area contributed by atoms with Crippen molar-refractivity contribution < 1.29 is 23.1 Å². The molecule has 4 aliphatic heterocycles. The number of benzene rings is 2. The minimum Gasteiger partial charge on any atom is -0.480 e. The molecule has 1 aliphatic carbocycles. The van der Waals surface area contributed by atoms with Crippen molar-refractivity contribution in [2.24, 2.45) is 31.8 Å². The van der Waals surface area contributed by atoms with E-state index in [1.165, 1.54) is 10.1 Å². The highest BCUT2D eigenvalue weighted by molar-refractivity contribution is 6.33. The van der Waals surface area contributed by atoms with Gasteiger partial charge in [0.1, 0.15) is 5.02 Å². The van der Waals surface area contributed by atoms with Gasteiger partial charge in [0.25, 0.3) is 5.56 Å². The third-order valence-corrected chi connectivity index (χ3v) is 14.3. The Hall–Kier alpha value is -5.35. The van der Waals surface area contributed by atoms with Gasteiger partial charge in [-0.25, -0.2) is 13.8 Å². The Morgan fingerprint density at radius 1 is 1.00 bits per heavy atom. The number of hydrogen-bond donors (Lipinski definition) is 3. The number of para-hydroxylation sites is 1. The van der Waals surface area contributed by atoms with E-state index in [0.717, 1.165) is 68.6 Å². The van der Waals surface area contributed by atoms with Gasteiger partial charge in [0.15, 0.2) is 12.4 Å². The third-order valence-electron chi connectivity index (χ3n) is 14.0. The molecule has 2 amide bonds. The molecule has 3 N–H and O–H groups in total. The SMILES string of the molecule is C[C@@H]1CN(c2ncc(Cl)c(Nc3ccc4c(c3)c3c(c(=O)n4C)OCC(F)(F)[C@H](C4CC4)N3)n2)CC[C@H]1CN1CCC(c2cccc3c(C4CCC(=O)NC4=O)nn(C)c23)CC1. The number of rotatable bonds is 8. The number of halogens is 3. The summed E-state index contributed by atoms with van der Waals surface area (Å²) >= 11 is 6.67. The summed E-state index contributed by atoms with van der Waals surface area (Å²) < 4.78 is 39.2. The Labute approximate surface area is 362 Å². The molecule has 0 bridgehead atoms. The van der Waals surface area contributed by atoms with Crippen molar-refractivity contribution >= 4 is 68.4 Å². The maximum absolute atomic E-state index is 15.2. The van der Waals surface area contributed by atoms with Gasteiger partial charge in [-0.3, -0.25) is 24.4 Å². The van der Waals surface area contributed by atoms with Crippen LogP contribution in [-0.4, -0.2) is 92.3 Å². The molecule has 4 fully saturated rings. The fraction of sp³-hybridized carbons (Fsp3) is 0.511. The van der Waals surface area contributed by atoms with E-state index in [1.807, 2.05) is 23.9 Å². The highest BCUT2D eigenvalue weighted by Gasteiger charge is 2.51. The average molecular weight is 869 g/mol. The number of amides is 2. The monoisotopic (exact) mass is 868 g/mol. The fourth-order valence-corrected chi connectivity index (χ4v) is 10.5. The summed E-state index contributed by atoms with van der Waals surface area (Å²) in [6, 6.07) is 10.6. The molecule has 3 saturated heterocycles. The summed E-state index contributed by atoms with van der Waals surface area (Å²) in [7, 11) is 3.56. The maximum atomic E-state index is 15.2. The first-order valence-electron chi connectivity index (χ1n) is 21.8. The Bertz CT molecular complexity index is 2660. The van der Waals surface area contributed by atoms with E-state index in [-0.39, 0.29) is 29.2 Å². The third kappa shape index (κ3) is 7.41. The minimum atomic E-state index is -3.13. The van der Waals surface area contributed by atoms with Gasteiger partial charge in [-0.1, -0.05) is 36.7 Å². The number of carbonyl (C=O) groups is 2. The second kappa shape index (κ2) is 15.8. The zero-order chi connectivity index (χ0) is 43.0. The van der Waals surface area contributed by atoms with Crippen LogP contribution in [0.5, 0.6) is 5.75 Å². The Morgan fingerprint density at radius 2 is 1.81 bits per heavy atom. The number of pyridine rings is 1. The molecule has 3 aromatic heterocycles. The first-order chi connectivity index (χ1) is 29.8. The molecule has 4 atom stereocenters. The highest BCUT2D eigenvalue weighted by Crippen LogP contribution is 2.46. The van der Waals surface area contributed by atoms with E-state index < -0.39 is 30.0 Å². The number of hydrogen-bond acceptors (Lipinski definition) is 11. The van der Waals surface area contributed by atoms with Crippen LogP contribution in [-0.2, 0) is 23.7 Å². The predicted molar refractivity (Wildman–Crippen MR) is 234 cm³/mol. The van der Waals surface area contributed by atoms with Crippen molar-refractivity contribution in [2.45, 2.75) is 75.7 Å². The normalized spacial score (nSPS) is 24.6. The number of nitrogens with one attached hydrogen (secondary N) is 3. The zero-order valence-electron chi connectivity index (χ0n) is 35.1. The number of imide groups is 1. The van der Waals surface area contributed by atoms with Crippen molar-refractivity contribution in [3.63, 3.8) is 0 Å². The lowest BCUT2D eigenvalue weighted by Gasteiger charge is -2.41. The van der Waals surface area contributed by atoms with Gasteiger partial charge in [0, 0.05) is 56.6 Å². The molecule has 62 heavy (non-hydrogen) atoms. The molecule has 1 unspecified atom stereocenters. The van der Waals surface area contributed by atoms with Crippen molar-refractivity contribution in [2.75, 3.05) is 54.9 Å². The molecular formula is C45H51ClF2N10O4. The standard InChI is InChI=1S/C45H51ClF2N10O4/c1-24-21-58(18-15-27(24)22-57-16-13-25(14-17-57)29-5-4-6-30-36(54-56(3)38(29)30)31-10-12-35(59)51-42(31)60)44-49-20-33(46)41(53-44)50-28-9-11-34-32(19-28)37-39(43(61)55(34)2)62-23-45(47,48)40(52-37)26-7-8-26/h4-6,9,11,19-20,24-27,31,40,52H,7-8,10,12-18,21-23H2,1-3H3,(H,49,50,53)(H,51,59,60)/t24-,27+,31?,40+/m1/s1. The lowest BCUT2D eigenvalue weighted by Crippen LogP contribution is -2.45. The van der Waals surface area contributed by atoms with Crippen molar-refractivity contribution in [3.8, 4) is 5.75 Å². The van der Waals surface area contributed by atoms with Crippen LogP contribution in [0.4, 0.5) is 31.9 Å². The van der Waals surface area contributed by atoms with Crippen LogP contribution in [0.15, 0.2) is 47.4 Å². The van der Waals surface area contributed by atoms with E-state index in [1.54, 1.807) is 19.3 Å². The van der Waals surface area contributed by atoms with E-state index >= 15 is 8.78 Å². The zero-order valence-corrected chi connectivity index (χ0v) is 35.9. The Morgan fingerprint density at radius 3 is 2.56 bits per heavy atom. The molecule has 5 aromatic rings. The lowest BCUT2D eigenvalue weighted by molar-refractivity contribution is -0.134. The minimum absolute atomic E-state index is 0.105. The summed E-state index contributed by atoms with van der Waals surface area (Å²) in [4.78, 5) is 52.1. The van der Waals surface area contributed by atoms with Gasteiger partial charge in [-0.15, -0.1) is 0 Å². The number of likely N-dealkylation sites (tertiary alicyclic amines) is 1. The van der Waals surface area contributed by atoms with E-state index in [9.17, 15) is 14.4 Å². The van der Waals surface area contributed by atoms with Gasteiger partial charge < -0.3 is 29.7 Å². The van der Waals surface area contributed by atoms with E-state index in [4.69, 9.17) is 26.4 Å². The van der Waals surface area contributed by atoms with Gasteiger partial charge in [0.2, 0.25) is 23.5 Å². The average Bonchev–Trinajstić information content (AvgIpc) is 4.06. The fourth-order valence-electron chi connectivity index (χ4n) is 10.4. The number of nitrogens with zero attached hydrogens (tertiary/aromatic N) is 7. The summed E-state index contributed by atoms with van der Waals surface area (Å²) in [6.45, 7) is 6.09. The van der Waals surface area contributed by atoms with Gasteiger partial charge >= 0.3 is 5.92 Å². The van der Waals surface area contributed by atoms with Crippen LogP contribution in [0.1, 0.15) is 75.0 Å². The highest BCUT2D eigenvalue weighted by atomic mass is 35.5. The molecule has 17 heteroatoms. The first kappa shape index (κ1) is 40.7. The van der Waals surface area contributed by atoms with Gasteiger partial charge in [-0.05, 0) is 99.0 Å². The molecule has 2 aromatic carbocycles. The Kier molecular flexibility index (Phi) is 10.4. The number of fused-ring (bicyclic) bond motifs is 4. The molecule has 0 spiro atoms. The number of piperidine rings is 3. The summed E-state index contributed by atoms with van der Waals surface area (Å²) in [5, 5.41) is 15.6. The number of alkyl halides is 2. The van der Waals surface area contributed by atoms with Crippen LogP contribution in [0.25, 0.3) is 21.8 Å². The van der Waals surface area contributed by atoms with Crippen molar-refractivity contribution in [1.82, 2.24) is 34.5 Å². The Balaban J connectivity index is 0.791.